The van der Waals surface area contributed by atoms with Gasteiger partial charge in [0.25, 0.3) is 0 Å². The zero-order valence-electron chi connectivity index (χ0n) is 11.3. The van der Waals surface area contributed by atoms with Gasteiger partial charge >= 0.3 is 0 Å². The smallest absolute Gasteiger partial charge is 0.225 e. The number of carbonyl (C=O) groups excluding carboxylic acids is 1. The summed E-state index contributed by atoms with van der Waals surface area (Å²) in [6, 6.07) is 6.64. The Kier molecular flexibility index (Phi) is 3.83. The number of benzene rings is 1. The summed E-state index contributed by atoms with van der Waals surface area (Å²) in [5, 5.41) is 3.03. The van der Waals surface area contributed by atoms with Gasteiger partial charge in [0.05, 0.1) is 12.5 Å². The molecule has 1 aliphatic carbocycles. The van der Waals surface area contributed by atoms with Crippen LogP contribution in [-0.4, -0.2) is 19.1 Å². The van der Waals surface area contributed by atoms with Crippen molar-refractivity contribution in [1.29, 1.82) is 0 Å². The van der Waals surface area contributed by atoms with Crippen LogP contribution in [0.4, 0.5) is 0 Å². The molecule has 1 saturated heterocycles. The molecule has 3 nitrogen and oxygen atoms in total. The van der Waals surface area contributed by atoms with E-state index < -0.39 is 0 Å². The number of aryl methyl sites for hydroxylation is 2. The molecule has 1 aromatic rings. The fraction of sp³-hybridized carbons (Fsp3) is 0.562. The summed E-state index contributed by atoms with van der Waals surface area (Å²) >= 11 is 0. The average Bonchev–Trinajstić information content (AvgIpc) is 2.99. The molecule has 19 heavy (non-hydrogen) atoms. The van der Waals surface area contributed by atoms with E-state index in [2.05, 4.69) is 23.5 Å². The first-order valence-electron chi connectivity index (χ1n) is 7.29. The molecule has 3 heteroatoms. The molecular formula is C16H21NO2. The average molecular weight is 259 g/mol. The van der Waals surface area contributed by atoms with Gasteiger partial charge in [0, 0.05) is 13.2 Å². The second-order valence-electron chi connectivity index (χ2n) is 5.59. The topological polar surface area (TPSA) is 38.3 Å². The second-order valence-corrected chi connectivity index (χ2v) is 5.59. The van der Waals surface area contributed by atoms with Gasteiger partial charge in [-0.25, -0.2) is 0 Å². The first kappa shape index (κ1) is 12.7. The van der Waals surface area contributed by atoms with Gasteiger partial charge in [-0.1, -0.05) is 18.2 Å². The van der Waals surface area contributed by atoms with Gasteiger partial charge in [0.2, 0.25) is 5.91 Å². The third-order valence-corrected chi connectivity index (χ3v) is 4.18. The van der Waals surface area contributed by atoms with Gasteiger partial charge in [-0.05, 0) is 48.8 Å². The zero-order chi connectivity index (χ0) is 13.1. The highest BCUT2D eigenvalue weighted by Gasteiger charge is 2.23. The predicted molar refractivity (Wildman–Crippen MR) is 73.9 cm³/mol. The standard InChI is InChI=1S/C16H21NO2/c18-16(15-7-8-19-11-15)17-10-12-5-6-13-3-1-2-4-14(13)9-12/h5-6,9,15H,1-4,7-8,10-11H2,(H,17,18). The molecular weight excluding hydrogens is 238 g/mol. The fourth-order valence-corrected chi connectivity index (χ4v) is 2.97. The van der Waals surface area contributed by atoms with Gasteiger partial charge < -0.3 is 10.1 Å². The Morgan fingerprint density at radius 1 is 1.26 bits per heavy atom. The second kappa shape index (κ2) is 5.74. The summed E-state index contributed by atoms with van der Waals surface area (Å²) < 4.78 is 5.24. The molecule has 1 N–H and O–H groups in total. The molecule has 1 heterocycles. The third-order valence-electron chi connectivity index (χ3n) is 4.18. The molecule has 0 radical (unpaired) electrons. The molecule has 1 unspecified atom stereocenters. The molecule has 1 atom stereocenters. The molecule has 0 saturated carbocycles. The molecule has 3 rings (SSSR count). The van der Waals surface area contributed by atoms with Crippen molar-refractivity contribution in [2.75, 3.05) is 13.2 Å². The first-order chi connectivity index (χ1) is 9.33. The number of hydrogen-bond acceptors (Lipinski definition) is 2. The molecule has 1 aliphatic heterocycles. The van der Waals surface area contributed by atoms with Crippen LogP contribution in [0.15, 0.2) is 18.2 Å². The summed E-state index contributed by atoms with van der Waals surface area (Å²) in [6.45, 7) is 1.94. The van der Waals surface area contributed by atoms with Gasteiger partial charge in [-0.15, -0.1) is 0 Å². The Morgan fingerprint density at radius 3 is 2.89 bits per heavy atom. The van der Waals surface area contributed by atoms with E-state index in [-0.39, 0.29) is 11.8 Å². The summed E-state index contributed by atoms with van der Waals surface area (Å²) in [5.41, 5.74) is 4.18. The van der Waals surface area contributed by atoms with Crippen LogP contribution in [0, 0.1) is 5.92 Å². The lowest BCUT2D eigenvalue weighted by Gasteiger charge is -2.17. The van der Waals surface area contributed by atoms with Crippen molar-refractivity contribution >= 4 is 5.91 Å². The fourth-order valence-electron chi connectivity index (χ4n) is 2.97. The maximum absolute atomic E-state index is 11.9. The summed E-state index contributed by atoms with van der Waals surface area (Å²) in [7, 11) is 0. The zero-order valence-corrected chi connectivity index (χ0v) is 11.3. The van der Waals surface area contributed by atoms with Crippen LogP contribution in [0.25, 0.3) is 0 Å². The normalized spacial score (nSPS) is 22.0. The van der Waals surface area contributed by atoms with Crippen LogP contribution in [0.2, 0.25) is 0 Å². The van der Waals surface area contributed by atoms with Crippen LogP contribution in [0.3, 0.4) is 0 Å². The molecule has 1 fully saturated rings. The lowest BCUT2D eigenvalue weighted by atomic mass is 9.90. The van der Waals surface area contributed by atoms with E-state index in [1.807, 2.05) is 0 Å². The van der Waals surface area contributed by atoms with E-state index in [9.17, 15) is 4.79 Å². The van der Waals surface area contributed by atoms with Gasteiger partial charge in [-0.3, -0.25) is 4.79 Å². The number of rotatable bonds is 3. The third kappa shape index (κ3) is 2.98. The maximum atomic E-state index is 11.9. The number of nitrogens with one attached hydrogen (secondary N) is 1. The largest absolute Gasteiger partial charge is 0.381 e. The van der Waals surface area contributed by atoms with Crippen molar-refractivity contribution in [1.82, 2.24) is 5.32 Å². The minimum atomic E-state index is 0.0534. The predicted octanol–water partition coefficient (Wildman–Crippen LogP) is 2.22. The van der Waals surface area contributed by atoms with Crippen LogP contribution in [0.1, 0.15) is 36.0 Å². The van der Waals surface area contributed by atoms with E-state index in [4.69, 9.17) is 4.74 Å². The van der Waals surface area contributed by atoms with Crippen LogP contribution >= 0.6 is 0 Å². The molecule has 2 aliphatic rings. The van der Waals surface area contributed by atoms with Crippen LogP contribution < -0.4 is 5.32 Å². The molecule has 102 valence electrons. The van der Waals surface area contributed by atoms with Crippen molar-refractivity contribution in [3.8, 4) is 0 Å². The van der Waals surface area contributed by atoms with E-state index >= 15 is 0 Å². The van der Waals surface area contributed by atoms with E-state index in [1.54, 1.807) is 0 Å². The van der Waals surface area contributed by atoms with Crippen molar-refractivity contribution in [2.45, 2.75) is 38.6 Å². The van der Waals surface area contributed by atoms with Crippen LogP contribution in [0.5, 0.6) is 0 Å². The minimum Gasteiger partial charge on any atom is -0.381 e. The lowest BCUT2D eigenvalue weighted by Crippen LogP contribution is -2.30. The number of carbonyl (C=O) groups is 1. The first-order valence-corrected chi connectivity index (χ1v) is 7.29. The van der Waals surface area contributed by atoms with E-state index in [0.717, 1.165) is 13.0 Å². The van der Waals surface area contributed by atoms with Gasteiger partial charge in [-0.2, -0.15) is 0 Å². The van der Waals surface area contributed by atoms with Crippen molar-refractivity contribution in [3.63, 3.8) is 0 Å². The summed E-state index contributed by atoms with van der Waals surface area (Å²) in [4.78, 5) is 11.9. The van der Waals surface area contributed by atoms with E-state index in [0.29, 0.717) is 13.2 Å². The lowest BCUT2D eigenvalue weighted by molar-refractivity contribution is -0.125. The Morgan fingerprint density at radius 2 is 2.11 bits per heavy atom. The van der Waals surface area contributed by atoms with E-state index in [1.165, 1.54) is 42.4 Å². The van der Waals surface area contributed by atoms with Crippen molar-refractivity contribution in [3.05, 3.63) is 34.9 Å². The van der Waals surface area contributed by atoms with Crippen molar-refractivity contribution in [2.24, 2.45) is 5.92 Å². The minimum absolute atomic E-state index is 0.0534. The highest BCUT2D eigenvalue weighted by atomic mass is 16.5. The Balaban J connectivity index is 1.59. The summed E-state index contributed by atoms with van der Waals surface area (Å²) in [5.74, 6) is 0.188. The maximum Gasteiger partial charge on any atom is 0.225 e. The summed E-state index contributed by atoms with van der Waals surface area (Å²) in [6.07, 6.45) is 5.86. The van der Waals surface area contributed by atoms with Gasteiger partial charge in [0.15, 0.2) is 0 Å². The molecule has 0 aromatic heterocycles. The van der Waals surface area contributed by atoms with Crippen molar-refractivity contribution < 1.29 is 9.53 Å². The number of ether oxygens (including phenoxy) is 1. The molecule has 1 aromatic carbocycles. The number of hydrogen-bond donors (Lipinski definition) is 1. The number of amides is 1. The molecule has 0 bridgehead atoms. The SMILES string of the molecule is O=C(NCc1ccc2c(c1)CCCC2)C1CCOC1. The Bertz CT molecular complexity index is 464. The highest BCUT2D eigenvalue weighted by molar-refractivity contribution is 5.78. The Labute approximate surface area is 114 Å². The van der Waals surface area contributed by atoms with Gasteiger partial charge in [0.1, 0.15) is 0 Å². The molecule has 0 spiro atoms. The number of fused-ring (bicyclic) bond motifs is 1. The van der Waals surface area contributed by atoms with Crippen LogP contribution in [-0.2, 0) is 28.9 Å². The molecule has 1 amide bonds. The Hall–Kier alpha value is -1.35. The quantitative estimate of drug-likeness (QED) is 0.904. The monoisotopic (exact) mass is 259 g/mol. The highest BCUT2D eigenvalue weighted by Crippen LogP contribution is 2.22.